The van der Waals surface area contributed by atoms with E-state index in [1.807, 2.05) is 0 Å². The standard InChI is InChI=1S/C10H11F3N2/c11-10(12,13)9-3-1-2-7-4-5-15(14)6-8(7)9/h1-3H,4-6,14H2. The van der Waals surface area contributed by atoms with Gasteiger partial charge in [-0.25, -0.2) is 5.01 Å². The molecule has 82 valence electrons. The lowest BCUT2D eigenvalue weighted by Crippen LogP contribution is -2.37. The molecule has 0 radical (unpaired) electrons. The Kier molecular flexibility index (Phi) is 2.44. The summed E-state index contributed by atoms with van der Waals surface area (Å²) in [5.41, 5.74) is 0.514. The summed E-state index contributed by atoms with van der Waals surface area (Å²) in [5, 5.41) is 1.41. The lowest BCUT2D eigenvalue weighted by molar-refractivity contribution is -0.138. The molecule has 0 fully saturated rings. The van der Waals surface area contributed by atoms with Gasteiger partial charge in [0.2, 0.25) is 0 Å². The topological polar surface area (TPSA) is 29.3 Å². The van der Waals surface area contributed by atoms with Gasteiger partial charge in [-0.3, -0.25) is 5.84 Å². The molecular formula is C10H11F3N2. The average molecular weight is 216 g/mol. The lowest BCUT2D eigenvalue weighted by atomic mass is 9.95. The largest absolute Gasteiger partial charge is 0.416 e. The number of halogens is 3. The second kappa shape index (κ2) is 3.50. The fourth-order valence-electron chi connectivity index (χ4n) is 1.87. The van der Waals surface area contributed by atoms with Crippen molar-refractivity contribution in [3.05, 3.63) is 34.9 Å². The van der Waals surface area contributed by atoms with Crippen LogP contribution in [0.2, 0.25) is 0 Å². The number of hydrazine groups is 1. The van der Waals surface area contributed by atoms with Crippen molar-refractivity contribution in [2.45, 2.75) is 19.1 Å². The fraction of sp³-hybridized carbons (Fsp3) is 0.400. The molecule has 2 N–H and O–H groups in total. The summed E-state index contributed by atoms with van der Waals surface area (Å²) in [4.78, 5) is 0. The summed E-state index contributed by atoms with van der Waals surface area (Å²) < 4.78 is 37.9. The van der Waals surface area contributed by atoms with Gasteiger partial charge in [0, 0.05) is 13.1 Å². The third-order valence-electron chi connectivity index (χ3n) is 2.61. The highest BCUT2D eigenvalue weighted by atomic mass is 19.4. The van der Waals surface area contributed by atoms with Gasteiger partial charge >= 0.3 is 6.18 Å². The minimum Gasteiger partial charge on any atom is -0.268 e. The van der Waals surface area contributed by atoms with Crippen LogP contribution in [0.5, 0.6) is 0 Å². The molecule has 0 spiro atoms. The Morgan fingerprint density at radius 1 is 1.27 bits per heavy atom. The summed E-state index contributed by atoms with van der Waals surface area (Å²) in [6.07, 6.45) is -3.71. The van der Waals surface area contributed by atoms with Crippen LogP contribution in [0.15, 0.2) is 18.2 Å². The Hall–Kier alpha value is -1.07. The molecule has 1 heterocycles. The van der Waals surface area contributed by atoms with Crippen LogP contribution in [-0.2, 0) is 19.1 Å². The highest BCUT2D eigenvalue weighted by molar-refractivity contribution is 5.38. The van der Waals surface area contributed by atoms with E-state index >= 15 is 0 Å². The maximum atomic E-state index is 12.6. The molecule has 2 rings (SSSR count). The molecule has 0 unspecified atom stereocenters. The van der Waals surface area contributed by atoms with Crippen LogP contribution in [-0.4, -0.2) is 11.6 Å². The molecule has 0 aromatic heterocycles. The third kappa shape index (κ3) is 1.98. The molecular weight excluding hydrogens is 205 g/mol. The Labute approximate surface area is 85.5 Å². The van der Waals surface area contributed by atoms with E-state index in [9.17, 15) is 13.2 Å². The molecule has 0 bridgehead atoms. The van der Waals surface area contributed by atoms with Crippen LogP contribution in [0, 0.1) is 0 Å². The first-order valence-corrected chi connectivity index (χ1v) is 4.66. The van der Waals surface area contributed by atoms with Gasteiger partial charge in [0.15, 0.2) is 0 Å². The van der Waals surface area contributed by atoms with Crippen molar-refractivity contribution in [3.8, 4) is 0 Å². The summed E-state index contributed by atoms with van der Waals surface area (Å²) >= 11 is 0. The first-order valence-electron chi connectivity index (χ1n) is 4.66. The van der Waals surface area contributed by atoms with Crippen LogP contribution < -0.4 is 5.84 Å². The van der Waals surface area contributed by atoms with E-state index < -0.39 is 11.7 Å². The molecule has 2 nitrogen and oxygen atoms in total. The van der Waals surface area contributed by atoms with Gasteiger partial charge in [-0.2, -0.15) is 13.2 Å². The summed E-state index contributed by atoms with van der Waals surface area (Å²) in [7, 11) is 0. The van der Waals surface area contributed by atoms with Crippen molar-refractivity contribution in [2.24, 2.45) is 5.84 Å². The van der Waals surface area contributed by atoms with Crippen molar-refractivity contribution in [1.29, 1.82) is 0 Å². The fourth-order valence-corrected chi connectivity index (χ4v) is 1.87. The van der Waals surface area contributed by atoms with Crippen LogP contribution >= 0.6 is 0 Å². The van der Waals surface area contributed by atoms with Gasteiger partial charge in [0.1, 0.15) is 0 Å². The molecule has 0 saturated carbocycles. The number of benzene rings is 1. The summed E-state index contributed by atoms with van der Waals surface area (Å²) in [5.74, 6) is 5.53. The average Bonchev–Trinajstić information content (AvgIpc) is 2.15. The van der Waals surface area contributed by atoms with Crippen LogP contribution in [0.4, 0.5) is 13.2 Å². The minimum atomic E-state index is -4.29. The van der Waals surface area contributed by atoms with Gasteiger partial charge in [-0.1, -0.05) is 12.1 Å². The third-order valence-corrected chi connectivity index (χ3v) is 2.61. The van der Waals surface area contributed by atoms with Gasteiger partial charge < -0.3 is 0 Å². The minimum absolute atomic E-state index is 0.172. The second-order valence-electron chi connectivity index (χ2n) is 3.66. The van der Waals surface area contributed by atoms with E-state index in [4.69, 9.17) is 5.84 Å². The van der Waals surface area contributed by atoms with Gasteiger partial charge in [-0.15, -0.1) is 0 Å². The number of rotatable bonds is 0. The SMILES string of the molecule is NN1CCc2cccc(C(F)(F)F)c2C1. The number of hydrogen-bond acceptors (Lipinski definition) is 2. The zero-order valence-electron chi connectivity index (χ0n) is 8.01. The number of alkyl halides is 3. The highest BCUT2D eigenvalue weighted by Crippen LogP contribution is 2.34. The van der Waals surface area contributed by atoms with E-state index in [0.717, 1.165) is 11.6 Å². The van der Waals surface area contributed by atoms with Gasteiger partial charge in [0.25, 0.3) is 0 Å². The zero-order valence-corrected chi connectivity index (χ0v) is 8.01. The predicted octanol–water partition coefficient (Wildman–Crippen LogP) is 1.94. The number of nitrogens with zero attached hydrogens (tertiary/aromatic N) is 1. The van der Waals surface area contributed by atoms with E-state index in [-0.39, 0.29) is 6.54 Å². The van der Waals surface area contributed by atoms with E-state index in [2.05, 4.69) is 0 Å². The Morgan fingerprint density at radius 2 is 2.00 bits per heavy atom. The van der Waals surface area contributed by atoms with E-state index in [1.165, 1.54) is 11.1 Å². The maximum Gasteiger partial charge on any atom is 0.416 e. The smallest absolute Gasteiger partial charge is 0.268 e. The normalized spacial score (nSPS) is 17.6. The number of fused-ring (bicyclic) bond motifs is 1. The Morgan fingerprint density at radius 3 is 2.67 bits per heavy atom. The first kappa shape index (κ1) is 10.4. The summed E-state index contributed by atoms with van der Waals surface area (Å²) in [6, 6.07) is 4.30. The number of hydrogen-bond donors (Lipinski definition) is 1. The molecule has 5 heteroatoms. The van der Waals surface area contributed by atoms with Crippen LogP contribution in [0.3, 0.4) is 0 Å². The van der Waals surface area contributed by atoms with Gasteiger partial charge in [-0.05, 0) is 23.6 Å². The Bertz CT molecular complexity index is 373. The zero-order chi connectivity index (χ0) is 11.1. The van der Waals surface area contributed by atoms with Crippen molar-refractivity contribution in [2.75, 3.05) is 6.54 Å². The van der Waals surface area contributed by atoms with E-state index in [0.29, 0.717) is 18.5 Å². The first-order chi connectivity index (χ1) is 6.98. The van der Waals surface area contributed by atoms with E-state index in [1.54, 1.807) is 6.07 Å². The van der Waals surface area contributed by atoms with Gasteiger partial charge in [0.05, 0.1) is 5.56 Å². The van der Waals surface area contributed by atoms with Crippen molar-refractivity contribution < 1.29 is 13.2 Å². The molecule has 0 aliphatic carbocycles. The quantitative estimate of drug-likeness (QED) is 0.671. The van der Waals surface area contributed by atoms with Crippen molar-refractivity contribution in [3.63, 3.8) is 0 Å². The van der Waals surface area contributed by atoms with Crippen LogP contribution in [0.25, 0.3) is 0 Å². The molecule has 1 aromatic rings. The Balaban J connectivity index is 2.49. The molecule has 1 aromatic carbocycles. The molecule has 1 aliphatic rings. The monoisotopic (exact) mass is 216 g/mol. The number of nitrogens with two attached hydrogens (primary N) is 1. The molecule has 0 amide bonds. The molecule has 15 heavy (non-hydrogen) atoms. The summed E-state index contributed by atoms with van der Waals surface area (Å²) in [6.45, 7) is 0.777. The van der Waals surface area contributed by atoms with Crippen LogP contribution in [0.1, 0.15) is 16.7 Å². The molecule has 0 saturated heterocycles. The maximum absolute atomic E-state index is 12.6. The van der Waals surface area contributed by atoms with Crippen molar-refractivity contribution >= 4 is 0 Å². The lowest BCUT2D eigenvalue weighted by Gasteiger charge is -2.27. The molecule has 1 aliphatic heterocycles. The predicted molar refractivity (Wildman–Crippen MR) is 49.7 cm³/mol. The van der Waals surface area contributed by atoms with Crippen molar-refractivity contribution in [1.82, 2.24) is 5.01 Å². The second-order valence-corrected chi connectivity index (χ2v) is 3.66. The molecule has 0 atom stereocenters. The highest BCUT2D eigenvalue weighted by Gasteiger charge is 2.35.